The molecule has 5 nitrogen and oxygen atoms in total. The van der Waals surface area contributed by atoms with Gasteiger partial charge in [0, 0.05) is 17.3 Å². The summed E-state index contributed by atoms with van der Waals surface area (Å²) in [6.45, 7) is 1.92. The number of rotatable bonds is 2. The maximum Gasteiger partial charge on any atom is 0.187 e. The Morgan fingerprint density at radius 2 is 2.00 bits per heavy atom. The highest BCUT2D eigenvalue weighted by atomic mass is 79.9. The maximum absolute atomic E-state index is 13.7. The van der Waals surface area contributed by atoms with Gasteiger partial charge in [-0.25, -0.2) is 4.39 Å². The quantitative estimate of drug-likeness (QED) is 0.723. The van der Waals surface area contributed by atoms with Crippen LogP contribution in [0.4, 0.5) is 10.1 Å². The fourth-order valence-electron chi connectivity index (χ4n) is 1.94. The largest absolute Gasteiger partial charge is 0.398 e. The van der Waals surface area contributed by atoms with Crippen LogP contribution in [-0.2, 0) is 0 Å². The summed E-state index contributed by atoms with van der Waals surface area (Å²) in [5.41, 5.74) is 8.86. The molecule has 0 spiro atoms. The highest BCUT2D eigenvalue weighted by molar-refractivity contribution is 9.10. The number of hydrogen-bond donors (Lipinski definition) is 1. The number of halogens is 2. The normalized spacial score (nSPS) is 10.8. The van der Waals surface area contributed by atoms with Gasteiger partial charge in [-0.3, -0.25) is 0 Å². The van der Waals surface area contributed by atoms with Crippen LogP contribution < -0.4 is 5.73 Å². The Morgan fingerprint density at radius 1 is 1.19 bits per heavy atom. The molecule has 1 aromatic heterocycles. The molecule has 3 aromatic rings. The average molecular weight is 348 g/mol. The minimum Gasteiger partial charge on any atom is -0.398 e. The zero-order valence-corrected chi connectivity index (χ0v) is 12.7. The van der Waals surface area contributed by atoms with Crippen LogP contribution in [0.5, 0.6) is 0 Å². The molecule has 0 fully saturated rings. The van der Waals surface area contributed by atoms with Gasteiger partial charge < -0.3 is 5.73 Å². The zero-order valence-electron chi connectivity index (χ0n) is 11.1. The summed E-state index contributed by atoms with van der Waals surface area (Å²) in [7, 11) is 0. The van der Waals surface area contributed by atoms with E-state index in [0.29, 0.717) is 21.7 Å². The first-order valence-corrected chi connectivity index (χ1v) is 6.96. The van der Waals surface area contributed by atoms with Gasteiger partial charge in [0.25, 0.3) is 0 Å². The van der Waals surface area contributed by atoms with Crippen molar-refractivity contribution in [3.05, 3.63) is 52.3 Å². The predicted octanol–water partition coefficient (Wildman–Crippen LogP) is 3.12. The summed E-state index contributed by atoms with van der Waals surface area (Å²) in [6.07, 6.45) is 0. The second-order valence-electron chi connectivity index (χ2n) is 4.58. The van der Waals surface area contributed by atoms with Crippen molar-refractivity contribution in [3.8, 4) is 17.1 Å². The van der Waals surface area contributed by atoms with E-state index in [2.05, 4.69) is 31.5 Å². The van der Waals surface area contributed by atoms with Crippen LogP contribution in [0, 0.1) is 12.7 Å². The van der Waals surface area contributed by atoms with E-state index in [9.17, 15) is 4.39 Å². The number of nitrogens with zero attached hydrogens (tertiary/aromatic N) is 4. The van der Waals surface area contributed by atoms with E-state index in [4.69, 9.17) is 5.73 Å². The Balaban J connectivity index is 2.12. The van der Waals surface area contributed by atoms with Crippen molar-refractivity contribution in [3.63, 3.8) is 0 Å². The zero-order chi connectivity index (χ0) is 15.0. The van der Waals surface area contributed by atoms with Crippen molar-refractivity contribution in [2.75, 3.05) is 5.73 Å². The molecule has 7 heteroatoms. The smallest absolute Gasteiger partial charge is 0.187 e. The van der Waals surface area contributed by atoms with Gasteiger partial charge in [0.2, 0.25) is 0 Å². The van der Waals surface area contributed by atoms with E-state index in [-0.39, 0.29) is 5.82 Å². The van der Waals surface area contributed by atoms with Crippen molar-refractivity contribution in [2.24, 2.45) is 0 Å². The van der Waals surface area contributed by atoms with Crippen LogP contribution >= 0.6 is 15.9 Å². The van der Waals surface area contributed by atoms with Crippen molar-refractivity contribution < 1.29 is 4.39 Å². The van der Waals surface area contributed by atoms with Gasteiger partial charge in [-0.1, -0.05) is 12.1 Å². The molecule has 2 aromatic carbocycles. The summed E-state index contributed by atoms with van der Waals surface area (Å²) in [5, 5.41) is 11.6. The van der Waals surface area contributed by atoms with Gasteiger partial charge in [0.05, 0.1) is 10.2 Å². The Morgan fingerprint density at radius 3 is 2.71 bits per heavy atom. The second kappa shape index (κ2) is 5.25. The minimum atomic E-state index is -0.377. The monoisotopic (exact) mass is 347 g/mol. The van der Waals surface area contributed by atoms with E-state index >= 15 is 0 Å². The average Bonchev–Trinajstić information content (AvgIpc) is 2.94. The molecular weight excluding hydrogens is 337 g/mol. The van der Waals surface area contributed by atoms with Crippen molar-refractivity contribution in [1.82, 2.24) is 20.2 Å². The highest BCUT2D eigenvalue weighted by Gasteiger charge is 2.13. The summed E-state index contributed by atoms with van der Waals surface area (Å²) in [4.78, 5) is 0. The van der Waals surface area contributed by atoms with Gasteiger partial charge in [-0.05, 0) is 57.0 Å². The number of benzene rings is 2. The van der Waals surface area contributed by atoms with Gasteiger partial charge >= 0.3 is 0 Å². The topological polar surface area (TPSA) is 69.6 Å². The SMILES string of the molecule is Cc1ccc(-c2nnnn2-c2ccc(Br)c(F)c2)cc1N. The lowest BCUT2D eigenvalue weighted by Crippen LogP contribution is -2.01. The van der Waals surface area contributed by atoms with E-state index in [1.54, 1.807) is 18.2 Å². The molecule has 0 radical (unpaired) electrons. The Labute approximate surface area is 128 Å². The number of nitrogens with two attached hydrogens (primary N) is 1. The van der Waals surface area contributed by atoms with Crippen LogP contribution in [0.2, 0.25) is 0 Å². The molecular formula is C14H11BrFN5. The first-order chi connectivity index (χ1) is 10.1. The molecule has 1 heterocycles. The Kier molecular flexibility index (Phi) is 3.42. The van der Waals surface area contributed by atoms with Crippen LogP contribution in [0.1, 0.15) is 5.56 Å². The number of aryl methyl sites for hydroxylation is 1. The molecule has 21 heavy (non-hydrogen) atoms. The lowest BCUT2D eigenvalue weighted by Gasteiger charge is -2.07. The summed E-state index contributed by atoms with van der Waals surface area (Å²) < 4.78 is 15.5. The first-order valence-electron chi connectivity index (χ1n) is 6.16. The highest BCUT2D eigenvalue weighted by Crippen LogP contribution is 2.25. The molecule has 0 aliphatic heterocycles. The summed E-state index contributed by atoms with van der Waals surface area (Å²) >= 11 is 3.12. The molecule has 0 aliphatic rings. The molecule has 0 amide bonds. The Bertz CT molecular complexity index is 749. The standard InChI is InChI=1S/C14H11BrFN5/c1-8-2-3-9(6-13(8)17)14-18-19-20-21(14)10-4-5-11(15)12(16)7-10/h2-7H,17H2,1H3. The number of aromatic nitrogens is 4. The molecule has 0 atom stereocenters. The van der Waals surface area contributed by atoms with E-state index in [1.165, 1.54) is 10.7 Å². The summed E-state index contributed by atoms with van der Waals surface area (Å²) in [5.74, 6) is 0.126. The number of hydrogen-bond acceptors (Lipinski definition) is 4. The van der Waals surface area contributed by atoms with Gasteiger partial charge in [-0.15, -0.1) is 5.10 Å². The lowest BCUT2D eigenvalue weighted by atomic mass is 10.1. The van der Waals surface area contributed by atoms with Crippen molar-refractivity contribution in [1.29, 1.82) is 0 Å². The van der Waals surface area contributed by atoms with Crippen LogP contribution in [0.15, 0.2) is 40.9 Å². The van der Waals surface area contributed by atoms with Crippen molar-refractivity contribution >= 4 is 21.6 Å². The lowest BCUT2D eigenvalue weighted by molar-refractivity contribution is 0.618. The van der Waals surface area contributed by atoms with Gasteiger partial charge in [0.15, 0.2) is 5.82 Å². The van der Waals surface area contributed by atoms with Crippen molar-refractivity contribution in [2.45, 2.75) is 6.92 Å². The number of nitrogen functional groups attached to an aromatic ring is 1. The van der Waals surface area contributed by atoms with E-state index in [0.717, 1.165) is 11.1 Å². The van der Waals surface area contributed by atoms with Crippen LogP contribution in [0.25, 0.3) is 17.1 Å². The molecule has 106 valence electrons. The van der Waals surface area contributed by atoms with E-state index < -0.39 is 0 Å². The molecule has 0 bridgehead atoms. The fraction of sp³-hybridized carbons (Fsp3) is 0.0714. The number of tetrazole rings is 1. The third-order valence-corrected chi connectivity index (χ3v) is 3.80. The van der Waals surface area contributed by atoms with Gasteiger partial charge in [-0.2, -0.15) is 4.68 Å². The Hall–Kier alpha value is -2.28. The molecule has 2 N–H and O–H groups in total. The third kappa shape index (κ3) is 2.52. The van der Waals surface area contributed by atoms with Crippen LogP contribution in [0.3, 0.4) is 0 Å². The second-order valence-corrected chi connectivity index (χ2v) is 5.44. The minimum absolute atomic E-state index is 0.377. The molecule has 0 saturated heterocycles. The fourth-order valence-corrected chi connectivity index (χ4v) is 2.18. The predicted molar refractivity (Wildman–Crippen MR) is 81.4 cm³/mol. The molecule has 0 unspecified atom stereocenters. The third-order valence-electron chi connectivity index (χ3n) is 3.15. The first kappa shape index (κ1) is 13.7. The molecule has 3 rings (SSSR count). The molecule has 0 aliphatic carbocycles. The van der Waals surface area contributed by atoms with E-state index in [1.807, 2.05) is 19.1 Å². The van der Waals surface area contributed by atoms with Crippen LogP contribution in [-0.4, -0.2) is 20.2 Å². The number of anilines is 1. The maximum atomic E-state index is 13.7. The summed E-state index contributed by atoms with van der Waals surface area (Å²) in [6, 6.07) is 10.3. The molecule has 0 saturated carbocycles. The van der Waals surface area contributed by atoms with Gasteiger partial charge in [0.1, 0.15) is 5.82 Å².